The van der Waals surface area contributed by atoms with Gasteiger partial charge in [-0.15, -0.1) is 0 Å². The third-order valence-corrected chi connectivity index (χ3v) is 7.95. The van der Waals surface area contributed by atoms with Crippen LogP contribution in [0.2, 0.25) is 0 Å². The van der Waals surface area contributed by atoms with Crippen molar-refractivity contribution in [2.75, 3.05) is 26.2 Å². The number of carbonyl (C=O) groups excluding carboxylic acids is 1. The molecule has 2 aromatic heterocycles. The fraction of sp³-hybridized carbons (Fsp3) is 0.680. The standard InChI is InChI=1S/C25H32BrF2N5O4/c1-14-17(6-9-33(14)23(34)37-24(2,3)4)36-21-16-11-29-20(26)18(28)19(16)30-22(31-21)35-13-25-7-5-8-32(25)12-15(27)10-25/h11,14-15,17H,5-10,12-13H2,1-4H3/t14-,15-,17-,25+/m1/s1. The summed E-state index contributed by atoms with van der Waals surface area (Å²) in [6, 6.07) is -0.346. The molecule has 0 spiro atoms. The number of hydrogen-bond acceptors (Lipinski definition) is 8. The van der Waals surface area contributed by atoms with Crippen molar-refractivity contribution in [1.82, 2.24) is 24.8 Å². The van der Waals surface area contributed by atoms with Gasteiger partial charge < -0.3 is 19.1 Å². The molecule has 0 bridgehead atoms. The molecule has 202 valence electrons. The number of amides is 1. The fourth-order valence-electron chi connectivity index (χ4n) is 5.58. The summed E-state index contributed by atoms with van der Waals surface area (Å²) >= 11 is 3.11. The quantitative estimate of drug-likeness (QED) is 0.469. The van der Waals surface area contributed by atoms with Crippen molar-refractivity contribution in [3.63, 3.8) is 0 Å². The summed E-state index contributed by atoms with van der Waals surface area (Å²) in [4.78, 5) is 29.2. The molecule has 0 N–H and O–H groups in total. The molecule has 3 aliphatic rings. The molecule has 4 atom stereocenters. The van der Waals surface area contributed by atoms with Crippen LogP contribution < -0.4 is 9.47 Å². The van der Waals surface area contributed by atoms with Crippen LogP contribution in [0, 0.1) is 5.82 Å². The average molecular weight is 584 g/mol. The van der Waals surface area contributed by atoms with E-state index in [0.29, 0.717) is 31.3 Å². The minimum absolute atomic E-state index is 0.00657. The van der Waals surface area contributed by atoms with Gasteiger partial charge in [0, 0.05) is 32.1 Å². The van der Waals surface area contributed by atoms with Crippen molar-refractivity contribution >= 4 is 32.9 Å². The van der Waals surface area contributed by atoms with E-state index in [1.807, 2.05) is 27.7 Å². The molecule has 3 aliphatic heterocycles. The highest BCUT2D eigenvalue weighted by molar-refractivity contribution is 9.10. The largest absolute Gasteiger partial charge is 0.471 e. The molecular formula is C25H32BrF2N5O4. The number of halogens is 3. The Morgan fingerprint density at radius 2 is 2.08 bits per heavy atom. The van der Waals surface area contributed by atoms with Crippen molar-refractivity contribution < 1.29 is 27.8 Å². The predicted molar refractivity (Wildman–Crippen MR) is 135 cm³/mol. The van der Waals surface area contributed by atoms with Gasteiger partial charge in [0.1, 0.15) is 34.6 Å². The normalized spacial score (nSPS) is 28.1. The summed E-state index contributed by atoms with van der Waals surface area (Å²) in [5, 5.41) is 0.293. The van der Waals surface area contributed by atoms with Crippen molar-refractivity contribution in [3.8, 4) is 11.9 Å². The summed E-state index contributed by atoms with van der Waals surface area (Å²) in [7, 11) is 0. The summed E-state index contributed by atoms with van der Waals surface area (Å²) in [5.74, 6) is -0.535. The smallest absolute Gasteiger partial charge is 0.410 e. The average Bonchev–Trinajstić information content (AvgIpc) is 3.46. The van der Waals surface area contributed by atoms with Crippen LogP contribution in [0.5, 0.6) is 11.9 Å². The molecule has 5 rings (SSSR count). The van der Waals surface area contributed by atoms with Gasteiger partial charge >= 0.3 is 12.1 Å². The Kier molecular flexibility index (Phi) is 6.93. The first-order valence-corrected chi connectivity index (χ1v) is 13.4. The van der Waals surface area contributed by atoms with Crippen molar-refractivity contribution in [1.29, 1.82) is 0 Å². The lowest BCUT2D eigenvalue weighted by atomic mass is 9.95. The van der Waals surface area contributed by atoms with Gasteiger partial charge in [-0.3, -0.25) is 4.90 Å². The van der Waals surface area contributed by atoms with E-state index in [1.165, 1.54) is 6.20 Å². The number of carbonyl (C=O) groups is 1. The zero-order valence-corrected chi connectivity index (χ0v) is 23.1. The highest BCUT2D eigenvalue weighted by Crippen LogP contribution is 2.40. The number of ether oxygens (including phenoxy) is 3. The van der Waals surface area contributed by atoms with Crippen LogP contribution in [0.1, 0.15) is 53.4 Å². The van der Waals surface area contributed by atoms with E-state index < -0.39 is 35.3 Å². The van der Waals surface area contributed by atoms with Gasteiger partial charge in [0.05, 0.1) is 17.0 Å². The lowest BCUT2D eigenvalue weighted by Gasteiger charge is -2.31. The molecule has 0 saturated carbocycles. The molecule has 0 aliphatic carbocycles. The van der Waals surface area contributed by atoms with E-state index in [2.05, 4.69) is 35.8 Å². The van der Waals surface area contributed by atoms with Crippen molar-refractivity contribution in [2.45, 2.75) is 82.8 Å². The molecule has 1 amide bonds. The molecule has 3 fully saturated rings. The number of hydrogen-bond donors (Lipinski definition) is 0. The van der Waals surface area contributed by atoms with Gasteiger partial charge in [0.25, 0.3) is 0 Å². The third-order valence-electron chi connectivity index (χ3n) is 7.39. The second-order valence-corrected chi connectivity index (χ2v) is 11.9. The maximum atomic E-state index is 15.0. The molecule has 12 heteroatoms. The number of alkyl halides is 1. The van der Waals surface area contributed by atoms with Crippen LogP contribution in [-0.2, 0) is 4.74 Å². The summed E-state index contributed by atoms with van der Waals surface area (Å²) in [6.45, 7) is 9.22. The monoisotopic (exact) mass is 583 g/mol. The molecule has 9 nitrogen and oxygen atoms in total. The van der Waals surface area contributed by atoms with E-state index in [4.69, 9.17) is 14.2 Å². The maximum Gasteiger partial charge on any atom is 0.410 e. The molecule has 0 radical (unpaired) electrons. The predicted octanol–water partition coefficient (Wildman–Crippen LogP) is 4.66. The van der Waals surface area contributed by atoms with Gasteiger partial charge in [-0.1, -0.05) is 0 Å². The Balaban J connectivity index is 1.39. The number of nitrogens with zero attached hydrogens (tertiary/aromatic N) is 5. The van der Waals surface area contributed by atoms with Crippen molar-refractivity contribution in [2.24, 2.45) is 0 Å². The molecule has 2 aromatic rings. The zero-order valence-electron chi connectivity index (χ0n) is 21.5. The lowest BCUT2D eigenvalue weighted by molar-refractivity contribution is 0.0190. The molecular weight excluding hydrogens is 552 g/mol. The molecule has 5 heterocycles. The van der Waals surface area contributed by atoms with E-state index in [-0.39, 0.29) is 34.7 Å². The van der Waals surface area contributed by atoms with Gasteiger partial charge in [-0.25, -0.2) is 18.6 Å². The van der Waals surface area contributed by atoms with Crippen LogP contribution in [-0.4, -0.2) is 86.5 Å². The Bertz CT molecular complexity index is 1200. The summed E-state index contributed by atoms with van der Waals surface area (Å²) in [5.41, 5.74) is -1.01. The topological polar surface area (TPSA) is 89.9 Å². The second kappa shape index (κ2) is 9.76. The van der Waals surface area contributed by atoms with Crippen LogP contribution in [0.15, 0.2) is 10.8 Å². The highest BCUT2D eigenvalue weighted by Gasteiger charge is 2.49. The van der Waals surface area contributed by atoms with Crippen LogP contribution in [0.25, 0.3) is 10.9 Å². The number of fused-ring (bicyclic) bond motifs is 2. The van der Waals surface area contributed by atoms with Crippen molar-refractivity contribution in [3.05, 3.63) is 16.6 Å². The molecule has 0 aromatic carbocycles. The number of pyridine rings is 1. The Morgan fingerprint density at radius 1 is 1.30 bits per heavy atom. The van der Waals surface area contributed by atoms with E-state index >= 15 is 4.39 Å². The van der Waals surface area contributed by atoms with Gasteiger partial charge in [0.2, 0.25) is 5.88 Å². The molecule has 37 heavy (non-hydrogen) atoms. The summed E-state index contributed by atoms with van der Waals surface area (Å²) in [6.07, 6.45) is 2.47. The highest BCUT2D eigenvalue weighted by atomic mass is 79.9. The first-order chi connectivity index (χ1) is 17.5. The number of aromatic nitrogens is 3. The first kappa shape index (κ1) is 26.3. The summed E-state index contributed by atoms with van der Waals surface area (Å²) < 4.78 is 47.0. The zero-order chi connectivity index (χ0) is 26.5. The number of likely N-dealkylation sites (tertiary alicyclic amines) is 1. The minimum atomic E-state index is -0.892. The van der Waals surface area contributed by atoms with Crippen LogP contribution >= 0.6 is 15.9 Å². The Labute approximate surface area is 223 Å². The maximum absolute atomic E-state index is 15.0. The van der Waals surface area contributed by atoms with E-state index in [9.17, 15) is 9.18 Å². The Morgan fingerprint density at radius 3 is 2.84 bits per heavy atom. The lowest BCUT2D eigenvalue weighted by Crippen LogP contribution is -2.43. The third kappa shape index (κ3) is 5.19. The van der Waals surface area contributed by atoms with Gasteiger partial charge in [0.15, 0.2) is 5.82 Å². The van der Waals surface area contributed by atoms with Gasteiger partial charge in [-0.05, 0) is 63.0 Å². The molecule has 3 saturated heterocycles. The van der Waals surface area contributed by atoms with E-state index in [0.717, 1.165) is 19.4 Å². The SMILES string of the molecule is C[C@@H]1[C@H](Oc2nc(OC[C@@]34CCCN3C[C@H](F)C4)nc3c(F)c(Br)ncc23)CCN1C(=O)OC(C)(C)C. The van der Waals surface area contributed by atoms with E-state index in [1.54, 1.807) is 4.90 Å². The Hall–Kier alpha value is -2.34. The minimum Gasteiger partial charge on any atom is -0.471 e. The van der Waals surface area contributed by atoms with Crippen LogP contribution in [0.4, 0.5) is 13.6 Å². The van der Waals surface area contributed by atoms with Gasteiger partial charge in [-0.2, -0.15) is 9.97 Å². The van der Waals surface area contributed by atoms with Crippen LogP contribution in [0.3, 0.4) is 0 Å². The number of rotatable bonds is 5. The fourth-order valence-corrected chi connectivity index (χ4v) is 5.87. The molecule has 0 unspecified atom stereocenters. The second-order valence-electron chi connectivity index (χ2n) is 11.2. The first-order valence-electron chi connectivity index (χ1n) is 12.7.